The Morgan fingerprint density at radius 1 is 1.75 bits per heavy atom. The summed E-state index contributed by atoms with van der Waals surface area (Å²) < 4.78 is 0. The van der Waals surface area contributed by atoms with E-state index in [1.54, 1.807) is 0 Å². The van der Waals surface area contributed by atoms with E-state index in [0.29, 0.717) is 0 Å². The van der Waals surface area contributed by atoms with E-state index in [1.807, 2.05) is 0 Å². The lowest BCUT2D eigenvalue weighted by Gasteiger charge is -2.15. The fourth-order valence-corrected chi connectivity index (χ4v) is 0.107. The lowest BCUT2D eigenvalue weighted by atomic mass is 10.3. The molecule has 0 aliphatic carbocycles. The molecule has 4 heteroatoms. The first-order chi connectivity index (χ1) is 3.50. The fourth-order valence-electron chi connectivity index (χ4n) is 0.107. The topological polar surface area (TPSA) is 69.6 Å². The average Bonchev–Trinajstić information content (AvgIpc) is 1.67. The quantitative estimate of drug-likeness (QED) is 0.408. The molecule has 0 heterocycles. The van der Waals surface area contributed by atoms with E-state index in [4.69, 9.17) is 10.2 Å². The van der Waals surface area contributed by atoms with Crippen molar-refractivity contribution in [3.63, 3.8) is 0 Å². The van der Waals surface area contributed by atoms with Crippen molar-refractivity contribution in [2.24, 2.45) is 0 Å². The summed E-state index contributed by atoms with van der Waals surface area (Å²) in [7, 11) is 1.37. The molecule has 0 radical (unpaired) electrons. The van der Waals surface area contributed by atoms with Crippen LogP contribution in [0.1, 0.15) is 6.92 Å². The van der Waals surface area contributed by atoms with Crippen molar-refractivity contribution >= 4 is 5.97 Å². The number of hydrogen-bond acceptors (Lipinski definition) is 3. The maximum Gasteiger partial charge on any atom is 0.350 e. The van der Waals surface area contributed by atoms with Gasteiger partial charge in [-0.2, -0.15) is 0 Å². The van der Waals surface area contributed by atoms with Crippen LogP contribution < -0.4 is 5.32 Å². The molecule has 48 valence electrons. The van der Waals surface area contributed by atoms with E-state index >= 15 is 0 Å². The summed E-state index contributed by atoms with van der Waals surface area (Å²) in [6.45, 7) is 1.16. The molecule has 0 amide bonds. The fraction of sp³-hybridized carbons (Fsp3) is 0.750. The molecule has 0 saturated heterocycles. The summed E-state index contributed by atoms with van der Waals surface area (Å²) in [6.07, 6.45) is 0. The minimum Gasteiger partial charge on any atom is -0.478 e. The summed E-state index contributed by atoms with van der Waals surface area (Å²) in [4.78, 5) is 9.94. The number of nitrogens with one attached hydrogen (secondary N) is 1. The maximum absolute atomic E-state index is 9.94. The van der Waals surface area contributed by atoms with Gasteiger partial charge in [0.15, 0.2) is 0 Å². The van der Waals surface area contributed by atoms with Crippen molar-refractivity contribution in [1.82, 2.24) is 5.32 Å². The normalized spacial score (nSPS) is 17.4. The number of hydrogen-bond donors (Lipinski definition) is 3. The lowest BCUT2D eigenvalue weighted by Crippen LogP contribution is -2.47. The summed E-state index contributed by atoms with van der Waals surface area (Å²) in [6, 6.07) is 0. The molecule has 0 aliphatic rings. The second-order valence-electron chi connectivity index (χ2n) is 1.63. The maximum atomic E-state index is 9.94. The van der Waals surface area contributed by atoms with Gasteiger partial charge in [0.1, 0.15) is 0 Å². The Kier molecular flexibility index (Phi) is 1.94. The molecule has 0 saturated carbocycles. The predicted molar refractivity (Wildman–Crippen MR) is 27.3 cm³/mol. The highest BCUT2D eigenvalue weighted by atomic mass is 16.4. The number of carboxylic acid groups (broad SMARTS) is 1. The molecule has 0 bridgehead atoms. The van der Waals surface area contributed by atoms with Gasteiger partial charge in [0, 0.05) is 0 Å². The van der Waals surface area contributed by atoms with Gasteiger partial charge in [-0.15, -0.1) is 0 Å². The number of aliphatic hydroxyl groups is 1. The van der Waals surface area contributed by atoms with Crippen LogP contribution in [0.4, 0.5) is 0 Å². The molecule has 0 spiro atoms. The van der Waals surface area contributed by atoms with Crippen LogP contribution in [0.3, 0.4) is 0 Å². The molecular formula is C4H9NO3. The summed E-state index contributed by atoms with van der Waals surface area (Å²) >= 11 is 0. The minimum absolute atomic E-state index is 1.16. The van der Waals surface area contributed by atoms with Gasteiger partial charge in [0.25, 0.3) is 0 Å². The van der Waals surface area contributed by atoms with Crippen LogP contribution >= 0.6 is 0 Å². The van der Waals surface area contributed by atoms with Gasteiger partial charge in [0.05, 0.1) is 0 Å². The van der Waals surface area contributed by atoms with Gasteiger partial charge < -0.3 is 10.2 Å². The molecule has 8 heavy (non-hydrogen) atoms. The Bertz CT molecular complexity index is 99.5. The Morgan fingerprint density at radius 2 is 2.12 bits per heavy atom. The molecule has 0 aromatic heterocycles. The first-order valence-electron chi connectivity index (χ1n) is 2.15. The van der Waals surface area contributed by atoms with Crippen molar-refractivity contribution < 1.29 is 15.0 Å². The van der Waals surface area contributed by atoms with Crippen LogP contribution in [0.15, 0.2) is 0 Å². The standard InChI is InChI=1S/C4H9NO3/c1-4(8,5-2)3(6)7/h5,8H,1-2H3,(H,6,7). The van der Waals surface area contributed by atoms with E-state index in [9.17, 15) is 4.79 Å². The van der Waals surface area contributed by atoms with Gasteiger partial charge in [-0.3, -0.25) is 5.32 Å². The molecule has 0 aromatic rings. The van der Waals surface area contributed by atoms with Crippen LogP contribution in [0.2, 0.25) is 0 Å². The second-order valence-corrected chi connectivity index (χ2v) is 1.63. The summed E-state index contributed by atoms with van der Waals surface area (Å²) in [5.41, 5.74) is -1.79. The SMILES string of the molecule is CNC(C)(O)C(=O)O. The highest BCUT2D eigenvalue weighted by Crippen LogP contribution is 1.93. The predicted octanol–water partition coefficient (Wildman–Crippen LogP) is -1.00. The molecule has 4 nitrogen and oxygen atoms in total. The third-order valence-corrected chi connectivity index (χ3v) is 0.903. The Labute approximate surface area is 47.1 Å². The number of rotatable bonds is 2. The van der Waals surface area contributed by atoms with E-state index in [1.165, 1.54) is 7.05 Å². The van der Waals surface area contributed by atoms with Gasteiger partial charge in [-0.25, -0.2) is 4.79 Å². The van der Waals surface area contributed by atoms with Crippen molar-refractivity contribution in [3.05, 3.63) is 0 Å². The zero-order valence-corrected chi connectivity index (χ0v) is 4.80. The molecular weight excluding hydrogens is 110 g/mol. The molecule has 0 aliphatic heterocycles. The van der Waals surface area contributed by atoms with Crippen LogP contribution in [0, 0.1) is 0 Å². The number of carbonyl (C=O) groups is 1. The highest BCUT2D eigenvalue weighted by molar-refractivity contribution is 5.75. The van der Waals surface area contributed by atoms with E-state index in [2.05, 4.69) is 5.32 Å². The molecule has 1 unspecified atom stereocenters. The minimum atomic E-state index is -1.79. The van der Waals surface area contributed by atoms with Gasteiger partial charge >= 0.3 is 5.97 Å². The van der Waals surface area contributed by atoms with Gasteiger partial charge in [-0.05, 0) is 14.0 Å². The number of likely N-dealkylation sites (N-methyl/N-ethyl adjacent to an activating group) is 1. The zero-order chi connectivity index (χ0) is 6.78. The third kappa shape index (κ3) is 1.48. The van der Waals surface area contributed by atoms with Crippen molar-refractivity contribution in [1.29, 1.82) is 0 Å². The first-order valence-corrected chi connectivity index (χ1v) is 2.15. The average molecular weight is 119 g/mol. The summed E-state index contributed by atoms with van der Waals surface area (Å²) in [5, 5.41) is 19.0. The largest absolute Gasteiger partial charge is 0.478 e. The molecule has 0 fully saturated rings. The first kappa shape index (κ1) is 7.39. The second kappa shape index (κ2) is 2.11. The zero-order valence-electron chi connectivity index (χ0n) is 4.80. The number of aliphatic carboxylic acids is 1. The Balaban J connectivity index is 3.91. The van der Waals surface area contributed by atoms with Gasteiger partial charge in [-0.1, -0.05) is 0 Å². The van der Waals surface area contributed by atoms with Crippen LogP contribution in [-0.2, 0) is 4.79 Å². The third-order valence-electron chi connectivity index (χ3n) is 0.903. The highest BCUT2D eigenvalue weighted by Gasteiger charge is 2.26. The molecule has 1 atom stereocenters. The molecule has 3 N–H and O–H groups in total. The van der Waals surface area contributed by atoms with Crippen LogP contribution in [0.25, 0.3) is 0 Å². The van der Waals surface area contributed by atoms with E-state index < -0.39 is 11.7 Å². The smallest absolute Gasteiger partial charge is 0.350 e. The van der Waals surface area contributed by atoms with Crippen molar-refractivity contribution in [2.75, 3.05) is 7.05 Å². The van der Waals surface area contributed by atoms with Crippen molar-refractivity contribution in [2.45, 2.75) is 12.6 Å². The monoisotopic (exact) mass is 119 g/mol. The number of carboxylic acids is 1. The van der Waals surface area contributed by atoms with Gasteiger partial charge in [0.2, 0.25) is 5.72 Å². The van der Waals surface area contributed by atoms with E-state index in [0.717, 1.165) is 6.92 Å². The summed E-state index contributed by atoms with van der Waals surface area (Å²) in [5.74, 6) is -1.28. The van der Waals surface area contributed by atoms with E-state index in [-0.39, 0.29) is 0 Å². The molecule has 0 rings (SSSR count). The lowest BCUT2D eigenvalue weighted by molar-refractivity contribution is -0.159. The molecule has 0 aromatic carbocycles. The van der Waals surface area contributed by atoms with Crippen molar-refractivity contribution in [3.8, 4) is 0 Å². The Hall–Kier alpha value is -0.610. The Morgan fingerprint density at radius 3 is 2.12 bits per heavy atom. The van der Waals surface area contributed by atoms with Crippen LogP contribution in [0.5, 0.6) is 0 Å². The van der Waals surface area contributed by atoms with Crippen LogP contribution in [-0.4, -0.2) is 29.0 Å².